The van der Waals surface area contributed by atoms with Crippen LogP contribution < -0.4 is 20.7 Å². The van der Waals surface area contributed by atoms with Gasteiger partial charge in [-0.3, -0.25) is 0 Å². The van der Waals surface area contributed by atoms with Gasteiger partial charge in [0.15, 0.2) is 8.07 Å². The minimum absolute atomic E-state index is 1.14. The molecule has 64 heavy (non-hydrogen) atoms. The van der Waals surface area contributed by atoms with Crippen LogP contribution in [0.2, 0.25) is 0 Å². The third-order valence-corrected chi connectivity index (χ3v) is 18.4. The van der Waals surface area contributed by atoms with Gasteiger partial charge in [-0.05, 0) is 81.4 Å². The molecule has 0 aliphatic rings. The molecule has 0 saturated heterocycles. The Morgan fingerprint density at radius 3 is 1.02 bits per heavy atom. The molecule has 0 N–H and O–H groups in total. The first-order valence-corrected chi connectivity index (χ1v) is 24.1. The first-order valence-electron chi connectivity index (χ1n) is 22.1. The molecular weight excluding hydrogens is 791 g/mol. The van der Waals surface area contributed by atoms with Gasteiger partial charge in [-0.25, -0.2) is 0 Å². The number of para-hydroxylation sites is 6. The molecule has 0 atom stereocenters. The van der Waals surface area contributed by atoms with Gasteiger partial charge in [-0.15, -0.1) is 0 Å². The van der Waals surface area contributed by atoms with Gasteiger partial charge in [0.05, 0.1) is 44.5 Å². The SMILES string of the molecule is c1ccc([Si](c2ccccc2)(c2ccccc2)c2ccc3c(c2)c2ccccc2n3-c2ccc3c(c2)c2ccccc2n3-c2ccccc2-n2c3ccccc3c3ccccc32)cc1. The minimum atomic E-state index is -2.74. The van der Waals surface area contributed by atoms with Gasteiger partial charge >= 0.3 is 0 Å². The highest BCUT2D eigenvalue weighted by Crippen LogP contribution is 2.40. The average molecular weight is 832 g/mol. The highest BCUT2D eigenvalue weighted by Gasteiger charge is 2.41. The fraction of sp³-hybridized carbons (Fsp3) is 0. The molecule has 0 spiro atoms. The zero-order valence-electron chi connectivity index (χ0n) is 35.0. The van der Waals surface area contributed by atoms with Crippen LogP contribution in [0.5, 0.6) is 0 Å². The molecule has 13 aromatic rings. The number of fused-ring (bicyclic) bond motifs is 9. The summed E-state index contributed by atoms with van der Waals surface area (Å²) in [5.41, 5.74) is 10.6. The largest absolute Gasteiger partial charge is 0.309 e. The normalized spacial score (nSPS) is 12.1. The van der Waals surface area contributed by atoms with Crippen LogP contribution in [-0.4, -0.2) is 21.8 Å². The molecular formula is C60H41N3Si. The van der Waals surface area contributed by atoms with Crippen molar-refractivity contribution in [1.29, 1.82) is 0 Å². The van der Waals surface area contributed by atoms with Crippen molar-refractivity contribution in [3.05, 3.63) is 249 Å². The lowest BCUT2D eigenvalue weighted by atomic mass is 10.1. The van der Waals surface area contributed by atoms with Gasteiger partial charge in [-0.2, -0.15) is 0 Å². The van der Waals surface area contributed by atoms with E-state index < -0.39 is 8.07 Å². The maximum absolute atomic E-state index is 2.74. The summed E-state index contributed by atoms with van der Waals surface area (Å²) in [7, 11) is -2.74. The maximum atomic E-state index is 2.52. The maximum Gasteiger partial charge on any atom is 0.179 e. The molecule has 0 bridgehead atoms. The van der Waals surface area contributed by atoms with Crippen molar-refractivity contribution < 1.29 is 0 Å². The third-order valence-electron chi connectivity index (χ3n) is 13.6. The van der Waals surface area contributed by atoms with Crippen LogP contribution in [-0.2, 0) is 0 Å². The molecule has 0 radical (unpaired) electrons. The highest BCUT2D eigenvalue weighted by atomic mass is 28.3. The van der Waals surface area contributed by atoms with E-state index in [1.807, 2.05) is 0 Å². The summed E-state index contributed by atoms with van der Waals surface area (Å²) in [5, 5.41) is 12.9. The minimum Gasteiger partial charge on any atom is -0.309 e. The predicted molar refractivity (Wildman–Crippen MR) is 273 cm³/mol. The van der Waals surface area contributed by atoms with Crippen LogP contribution in [0, 0.1) is 0 Å². The Labute approximate surface area is 372 Å². The number of benzene rings is 10. The first-order chi connectivity index (χ1) is 31.8. The van der Waals surface area contributed by atoms with Gasteiger partial charge in [0.1, 0.15) is 0 Å². The number of nitrogens with zero attached hydrogens (tertiary/aromatic N) is 3. The lowest BCUT2D eigenvalue weighted by Crippen LogP contribution is -2.74. The Morgan fingerprint density at radius 2 is 0.547 bits per heavy atom. The number of hydrogen-bond donors (Lipinski definition) is 0. The molecule has 13 rings (SSSR count). The highest BCUT2D eigenvalue weighted by molar-refractivity contribution is 7.20. The summed E-state index contributed by atoms with van der Waals surface area (Å²) in [6.45, 7) is 0. The van der Waals surface area contributed by atoms with Gasteiger partial charge in [0.2, 0.25) is 0 Å². The molecule has 0 saturated carbocycles. The smallest absolute Gasteiger partial charge is 0.179 e. The molecule has 10 aromatic carbocycles. The number of aromatic nitrogens is 3. The molecule has 0 unspecified atom stereocenters. The molecule has 0 amide bonds. The Kier molecular flexibility index (Phi) is 8.23. The molecule has 3 nitrogen and oxygen atoms in total. The van der Waals surface area contributed by atoms with E-state index in [4.69, 9.17) is 0 Å². The monoisotopic (exact) mass is 831 g/mol. The van der Waals surface area contributed by atoms with Gasteiger partial charge in [-0.1, -0.05) is 188 Å². The zero-order valence-corrected chi connectivity index (χ0v) is 36.0. The Balaban J connectivity index is 1.04. The third kappa shape index (κ3) is 5.27. The van der Waals surface area contributed by atoms with Gasteiger partial charge < -0.3 is 13.7 Å². The number of rotatable bonds is 7. The lowest BCUT2D eigenvalue weighted by Gasteiger charge is -2.34. The standard InChI is InChI=1S/C60H41N3Si/c1-4-20-43(21-5-1)64(44-22-6-2-7-23-44,45-24-8-3-9-25-45)46-37-39-57-52(41-46)50-29-12-14-30-53(50)61(57)42-36-38-58-51(40-42)49-28-13-17-33-56(49)63(58)60-35-19-18-34-59(60)62-54-31-15-10-26-47(54)48-27-11-16-32-55(48)62/h1-41H. The van der Waals surface area contributed by atoms with Crippen molar-refractivity contribution in [3.63, 3.8) is 0 Å². The van der Waals surface area contributed by atoms with E-state index in [2.05, 4.69) is 262 Å². The molecule has 4 heteroatoms. The second-order valence-electron chi connectivity index (χ2n) is 16.8. The van der Waals surface area contributed by atoms with Crippen LogP contribution in [0.15, 0.2) is 249 Å². The second kappa shape index (κ2) is 14.5. The van der Waals surface area contributed by atoms with E-state index in [0.717, 1.165) is 17.1 Å². The van der Waals surface area contributed by atoms with Crippen LogP contribution in [0.4, 0.5) is 0 Å². The number of hydrogen-bond acceptors (Lipinski definition) is 0. The summed E-state index contributed by atoms with van der Waals surface area (Å²) >= 11 is 0. The van der Waals surface area contributed by atoms with Crippen molar-refractivity contribution >= 4 is 94.2 Å². The van der Waals surface area contributed by atoms with Crippen molar-refractivity contribution in [1.82, 2.24) is 13.7 Å². The Bertz CT molecular complexity index is 3750. The first kappa shape index (κ1) is 36.5. The molecule has 0 aliphatic heterocycles. The average Bonchev–Trinajstić information content (AvgIpc) is 4.01. The lowest BCUT2D eigenvalue weighted by molar-refractivity contribution is 1.09. The van der Waals surface area contributed by atoms with Gasteiger partial charge in [0.25, 0.3) is 0 Å². The zero-order chi connectivity index (χ0) is 42.2. The van der Waals surface area contributed by atoms with Crippen LogP contribution in [0.25, 0.3) is 82.5 Å². The molecule has 3 heterocycles. The van der Waals surface area contributed by atoms with E-state index in [-0.39, 0.29) is 0 Å². The predicted octanol–water partition coefficient (Wildman–Crippen LogP) is 12.4. The molecule has 0 fully saturated rings. The fourth-order valence-electron chi connectivity index (χ4n) is 10.9. The van der Waals surface area contributed by atoms with Crippen LogP contribution in [0.3, 0.4) is 0 Å². The van der Waals surface area contributed by atoms with E-state index in [9.17, 15) is 0 Å². The van der Waals surface area contributed by atoms with Crippen molar-refractivity contribution in [2.45, 2.75) is 0 Å². The second-order valence-corrected chi connectivity index (χ2v) is 20.7. The summed E-state index contributed by atoms with van der Waals surface area (Å²) in [6.07, 6.45) is 0. The summed E-state index contributed by atoms with van der Waals surface area (Å²) in [4.78, 5) is 0. The molecule has 300 valence electrons. The summed E-state index contributed by atoms with van der Waals surface area (Å²) < 4.78 is 7.38. The van der Waals surface area contributed by atoms with Gasteiger partial charge in [0, 0.05) is 38.0 Å². The van der Waals surface area contributed by atoms with Crippen LogP contribution >= 0.6 is 0 Å². The quantitative estimate of drug-likeness (QED) is 0.112. The van der Waals surface area contributed by atoms with E-state index in [0.29, 0.717) is 0 Å². The van der Waals surface area contributed by atoms with E-state index in [1.165, 1.54) is 86.2 Å². The summed E-state index contributed by atoms with van der Waals surface area (Å²) in [6, 6.07) is 92.2. The molecule has 3 aromatic heterocycles. The van der Waals surface area contributed by atoms with E-state index >= 15 is 0 Å². The Hall–Kier alpha value is -8.18. The van der Waals surface area contributed by atoms with Crippen molar-refractivity contribution in [2.24, 2.45) is 0 Å². The van der Waals surface area contributed by atoms with Crippen molar-refractivity contribution in [2.75, 3.05) is 0 Å². The van der Waals surface area contributed by atoms with E-state index in [1.54, 1.807) is 0 Å². The summed E-state index contributed by atoms with van der Waals surface area (Å²) in [5.74, 6) is 0. The Morgan fingerprint density at radius 1 is 0.219 bits per heavy atom. The van der Waals surface area contributed by atoms with Crippen molar-refractivity contribution in [3.8, 4) is 17.1 Å². The molecule has 0 aliphatic carbocycles. The van der Waals surface area contributed by atoms with Crippen LogP contribution in [0.1, 0.15) is 0 Å². The topological polar surface area (TPSA) is 14.8 Å². The fourth-order valence-corrected chi connectivity index (χ4v) is 15.7.